The fourth-order valence-electron chi connectivity index (χ4n) is 4.28. The van der Waals surface area contributed by atoms with Gasteiger partial charge < -0.3 is 19.1 Å². The zero-order chi connectivity index (χ0) is 24.6. The smallest absolute Gasteiger partial charge is 0.257 e. The minimum absolute atomic E-state index is 0.00338. The molecule has 3 aromatic rings. The molecule has 4 rings (SSSR count). The fourth-order valence-corrected chi connectivity index (χ4v) is 4.49. The van der Waals surface area contributed by atoms with Crippen LogP contribution in [-0.2, 0) is 11.3 Å². The topological polar surface area (TPSA) is 51.2 Å². The van der Waals surface area contributed by atoms with Gasteiger partial charge in [0.15, 0.2) is 0 Å². The van der Waals surface area contributed by atoms with Crippen molar-refractivity contribution in [3.63, 3.8) is 0 Å². The maximum absolute atomic E-state index is 13.1. The Labute approximate surface area is 212 Å². The maximum Gasteiger partial charge on any atom is 0.257 e. The van der Waals surface area contributed by atoms with E-state index in [4.69, 9.17) is 25.8 Å². The minimum atomic E-state index is -0.152. The van der Waals surface area contributed by atoms with Crippen LogP contribution in [-0.4, -0.2) is 62.7 Å². The van der Waals surface area contributed by atoms with E-state index in [1.165, 1.54) is 0 Å². The zero-order valence-electron chi connectivity index (χ0n) is 20.2. The number of carbonyl (C=O) groups is 1. The molecular weight excluding hydrogens is 464 g/mol. The third-order valence-corrected chi connectivity index (χ3v) is 6.46. The highest BCUT2D eigenvalue weighted by Crippen LogP contribution is 2.26. The Balaban J connectivity index is 1.42. The molecule has 0 N–H and O–H groups in total. The first kappa shape index (κ1) is 25.0. The van der Waals surface area contributed by atoms with Crippen LogP contribution in [0.25, 0.3) is 0 Å². The summed E-state index contributed by atoms with van der Waals surface area (Å²) in [5.74, 6) is 1.40. The average Bonchev–Trinajstić information content (AvgIpc) is 2.91. The summed E-state index contributed by atoms with van der Waals surface area (Å²) in [6.07, 6.45) is -0.152. The molecule has 184 valence electrons. The molecule has 35 heavy (non-hydrogen) atoms. The standard InChI is InChI=1S/C28H31ClN2O4/c1-33-24-10-6-8-22(18-24)27(35-20-21-7-5-9-23(29)17-21)19-30-13-15-31(16-14-30)28(32)25-11-3-4-12-26(25)34-2/h3-12,17-18,27H,13-16,19-20H2,1-2H3. The van der Waals surface area contributed by atoms with Crippen LogP contribution in [0.4, 0.5) is 0 Å². The Morgan fingerprint density at radius 1 is 0.914 bits per heavy atom. The second kappa shape index (κ2) is 12.1. The van der Waals surface area contributed by atoms with Crippen molar-refractivity contribution in [3.05, 3.63) is 94.5 Å². The molecule has 6 nitrogen and oxygen atoms in total. The van der Waals surface area contributed by atoms with E-state index in [0.717, 1.165) is 30.0 Å². The Morgan fingerprint density at radius 2 is 1.69 bits per heavy atom. The molecule has 1 heterocycles. The molecule has 0 aromatic heterocycles. The monoisotopic (exact) mass is 494 g/mol. The van der Waals surface area contributed by atoms with Crippen LogP contribution in [0.1, 0.15) is 27.6 Å². The average molecular weight is 495 g/mol. The Morgan fingerprint density at radius 3 is 2.43 bits per heavy atom. The van der Waals surface area contributed by atoms with E-state index in [-0.39, 0.29) is 12.0 Å². The van der Waals surface area contributed by atoms with Crippen LogP contribution in [0.15, 0.2) is 72.8 Å². The summed E-state index contributed by atoms with van der Waals surface area (Å²) >= 11 is 6.15. The predicted octanol–water partition coefficient (Wildman–Crippen LogP) is 5.07. The summed E-state index contributed by atoms with van der Waals surface area (Å²) in [5.41, 5.74) is 2.68. The van der Waals surface area contributed by atoms with Gasteiger partial charge in [0.2, 0.25) is 0 Å². The number of hydrogen-bond acceptors (Lipinski definition) is 5. The Bertz CT molecular complexity index is 1130. The van der Waals surface area contributed by atoms with E-state index in [1.54, 1.807) is 14.2 Å². The second-order valence-corrected chi connectivity index (χ2v) is 8.94. The van der Waals surface area contributed by atoms with Gasteiger partial charge in [-0.3, -0.25) is 9.69 Å². The van der Waals surface area contributed by atoms with Crippen molar-refractivity contribution in [2.24, 2.45) is 0 Å². The largest absolute Gasteiger partial charge is 0.497 e. The molecule has 0 saturated carbocycles. The fraction of sp³-hybridized carbons (Fsp3) is 0.321. The molecule has 1 amide bonds. The quantitative estimate of drug-likeness (QED) is 0.415. The molecule has 1 atom stereocenters. The lowest BCUT2D eigenvalue weighted by Gasteiger charge is -2.36. The number of para-hydroxylation sites is 1. The van der Waals surface area contributed by atoms with Crippen molar-refractivity contribution in [2.45, 2.75) is 12.7 Å². The lowest BCUT2D eigenvalue weighted by Crippen LogP contribution is -2.49. The normalized spacial score (nSPS) is 15.0. The summed E-state index contributed by atoms with van der Waals surface area (Å²) in [5, 5.41) is 0.694. The van der Waals surface area contributed by atoms with Crippen LogP contribution in [0.5, 0.6) is 11.5 Å². The lowest BCUT2D eigenvalue weighted by atomic mass is 10.1. The van der Waals surface area contributed by atoms with Crippen molar-refractivity contribution in [1.82, 2.24) is 9.80 Å². The number of methoxy groups -OCH3 is 2. The van der Waals surface area contributed by atoms with Crippen molar-refractivity contribution >= 4 is 17.5 Å². The van der Waals surface area contributed by atoms with Crippen LogP contribution in [0.2, 0.25) is 5.02 Å². The summed E-state index contributed by atoms with van der Waals surface area (Å²) in [7, 11) is 3.26. The molecule has 1 aliphatic rings. The molecule has 1 saturated heterocycles. The number of hydrogen-bond donors (Lipinski definition) is 0. The minimum Gasteiger partial charge on any atom is -0.497 e. The predicted molar refractivity (Wildman–Crippen MR) is 137 cm³/mol. The maximum atomic E-state index is 13.1. The highest BCUT2D eigenvalue weighted by Gasteiger charge is 2.26. The van der Waals surface area contributed by atoms with E-state index >= 15 is 0 Å². The number of carbonyl (C=O) groups excluding carboxylic acids is 1. The van der Waals surface area contributed by atoms with Crippen molar-refractivity contribution < 1.29 is 19.0 Å². The van der Waals surface area contributed by atoms with Crippen molar-refractivity contribution in [3.8, 4) is 11.5 Å². The number of nitrogens with zero attached hydrogens (tertiary/aromatic N) is 2. The molecule has 3 aromatic carbocycles. The summed E-state index contributed by atoms with van der Waals surface area (Å²) < 4.78 is 17.2. The van der Waals surface area contributed by atoms with Gasteiger partial charge in [-0.15, -0.1) is 0 Å². The molecule has 7 heteroatoms. The van der Waals surface area contributed by atoms with Gasteiger partial charge in [0.1, 0.15) is 11.5 Å². The first-order chi connectivity index (χ1) is 17.1. The van der Waals surface area contributed by atoms with Gasteiger partial charge in [0.25, 0.3) is 5.91 Å². The highest BCUT2D eigenvalue weighted by molar-refractivity contribution is 6.30. The number of benzene rings is 3. The molecule has 1 unspecified atom stereocenters. The Kier molecular flexibility index (Phi) is 8.64. The SMILES string of the molecule is COc1cccc(C(CN2CCN(C(=O)c3ccccc3OC)CC2)OCc2cccc(Cl)c2)c1. The van der Waals surface area contributed by atoms with Crippen molar-refractivity contribution in [1.29, 1.82) is 0 Å². The zero-order valence-corrected chi connectivity index (χ0v) is 20.9. The molecule has 1 fully saturated rings. The highest BCUT2D eigenvalue weighted by atomic mass is 35.5. The molecule has 0 spiro atoms. The molecular formula is C28H31ClN2O4. The molecule has 0 radical (unpaired) electrons. The van der Waals surface area contributed by atoms with Gasteiger partial charge >= 0.3 is 0 Å². The second-order valence-electron chi connectivity index (χ2n) is 8.50. The van der Waals surface area contributed by atoms with Gasteiger partial charge in [0.05, 0.1) is 32.5 Å². The molecule has 1 aliphatic heterocycles. The number of halogens is 1. The van der Waals surface area contributed by atoms with Crippen LogP contribution in [0, 0.1) is 0 Å². The first-order valence-electron chi connectivity index (χ1n) is 11.7. The number of amides is 1. The third-order valence-electron chi connectivity index (χ3n) is 6.23. The van der Waals surface area contributed by atoms with E-state index in [1.807, 2.05) is 71.6 Å². The van der Waals surface area contributed by atoms with E-state index in [0.29, 0.717) is 42.6 Å². The number of rotatable bonds is 9. The summed E-state index contributed by atoms with van der Waals surface area (Å²) in [4.78, 5) is 17.3. The van der Waals surface area contributed by atoms with Gasteiger partial charge in [-0.25, -0.2) is 0 Å². The first-order valence-corrected chi connectivity index (χ1v) is 12.1. The lowest BCUT2D eigenvalue weighted by molar-refractivity contribution is 0.00331. The summed E-state index contributed by atoms with van der Waals surface area (Å²) in [6, 6.07) is 23.1. The van der Waals surface area contributed by atoms with E-state index < -0.39 is 0 Å². The van der Waals surface area contributed by atoms with Gasteiger partial charge in [-0.2, -0.15) is 0 Å². The van der Waals surface area contributed by atoms with Gasteiger partial charge in [0, 0.05) is 37.7 Å². The molecule has 0 aliphatic carbocycles. The molecule has 0 bridgehead atoms. The summed E-state index contributed by atoms with van der Waals surface area (Å²) in [6.45, 7) is 3.99. The van der Waals surface area contributed by atoms with Gasteiger partial charge in [-0.1, -0.05) is 48.0 Å². The van der Waals surface area contributed by atoms with E-state index in [9.17, 15) is 4.79 Å². The van der Waals surface area contributed by atoms with Crippen molar-refractivity contribution in [2.75, 3.05) is 46.9 Å². The van der Waals surface area contributed by atoms with Crippen LogP contribution >= 0.6 is 11.6 Å². The number of piperazine rings is 1. The van der Waals surface area contributed by atoms with E-state index in [2.05, 4.69) is 11.0 Å². The van der Waals surface area contributed by atoms with Crippen LogP contribution < -0.4 is 9.47 Å². The van der Waals surface area contributed by atoms with Crippen LogP contribution in [0.3, 0.4) is 0 Å². The number of ether oxygens (including phenoxy) is 3. The third kappa shape index (κ3) is 6.54. The Hall–Kier alpha value is -3.06. The van der Waals surface area contributed by atoms with Gasteiger partial charge in [-0.05, 0) is 47.5 Å².